The summed E-state index contributed by atoms with van der Waals surface area (Å²) < 4.78 is 37.3. The van der Waals surface area contributed by atoms with Gasteiger partial charge < -0.3 is 9.15 Å². The number of aromatic nitrogens is 1. The number of thioether (sulfide) groups is 1. The first-order valence-electron chi connectivity index (χ1n) is 9.05. The van der Waals surface area contributed by atoms with Crippen LogP contribution in [0.15, 0.2) is 32.7 Å². The van der Waals surface area contributed by atoms with Gasteiger partial charge in [-0.3, -0.25) is 4.90 Å². The Balaban J connectivity index is 1.66. The van der Waals surface area contributed by atoms with E-state index in [2.05, 4.69) is 23.7 Å². The van der Waals surface area contributed by atoms with Gasteiger partial charge in [0, 0.05) is 39.5 Å². The van der Waals surface area contributed by atoms with Crippen LogP contribution in [0, 0.1) is 5.92 Å². The Bertz CT molecular complexity index is 880. The molecule has 1 aliphatic rings. The first kappa shape index (κ1) is 20.6. The largest absolute Gasteiger partial charge is 0.431 e. The molecule has 7 nitrogen and oxygen atoms in total. The summed E-state index contributed by atoms with van der Waals surface area (Å²) in [6.45, 7) is 8.17. The molecule has 9 heteroatoms. The molecule has 1 atom stereocenters. The summed E-state index contributed by atoms with van der Waals surface area (Å²) in [5, 5.41) is 0.536. The fourth-order valence-corrected chi connectivity index (χ4v) is 4.81. The van der Waals surface area contributed by atoms with Crippen molar-refractivity contribution in [2.45, 2.75) is 30.1 Å². The lowest BCUT2D eigenvalue weighted by Gasteiger charge is -2.33. The number of ether oxygens (including phenoxy) is 1. The van der Waals surface area contributed by atoms with E-state index in [4.69, 9.17) is 9.15 Å². The molecule has 0 radical (unpaired) electrons. The predicted molar refractivity (Wildman–Crippen MR) is 107 cm³/mol. The first-order valence-corrected chi connectivity index (χ1v) is 11.5. The molecule has 2 heterocycles. The molecule has 1 aromatic heterocycles. The van der Waals surface area contributed by atoms with Crippen molar-refractivity contribution in [1.29, 1.82) is 0 Å². The summed E-state index contributed by atoms with van der Waals surface area (Å²) in [5.74, 6) is 1.39. The Morgan fingerprint density at radius 3 is 2.85 bits per heavy atom. The van der Waals surface area contributed by atoms with Crippen molar-refractivity contribution in [2.24, 2.45) is 5.92 Å². The minimum Gasteiger partial charge on any atom is -0.431 e. The van der Waals surface area contributed by atoms with Crippen molar-refractivity contribution in [2.75, 3.05) is 46.1 Å². The van der Waals surface area contributed by atoms with E-state index in [1.165, 1.54) is 30.2 Å². The van der Waals surface area contributed by atoms with Crippen LogP contribution in [0.25, 0.3) is 11.1 Å². The molecule has 0 amide bonds. The quantitative estimate of drug-likeness (QED) is 0.646. The lowest BCUT2D eigenvalue weighted by Crippen LogP contribution is -2.44. The summed E-state index contributed by atoms with van der Waals surface area (Å²) in [6, 6.07) is 4.76. The van der Waals surface area contributed by atoms with E-state index in [1.807, 2.05) is 0 Å². The molecule has 0 saturated carbocycles. The monoisotopic (exact) mass is 413 g/mol. The maximum atomic E-state index is 12.3. The fraction of sp³-hybridized carbons (Fsp3) is 0.611. The van der Waals surface area contributed by atoms with Crippen LogP contribution in [0.4, 0.5) is 0 Å². The third kappa shape index (κ3) is 5.03. The van der Waals surface area contributed by atoms with Crippen molar-refractivity contribution < 1.29 is 17.6 Å². The summed E-state index contributed by atoms with van der Waals surface area (Å²) in [4.78, 5) is 7.09. The number of nitrogens with zero attached hydrogens (tertiary/aromatic N) is 3. The molecule has 3 rings (SSSR count). The van der Waals surface area contributed by atoms with E-state index in [-0.39, 0.29) is 11.0 Å². The zero-order valence-electron chi connectivity index (χ0n) is 16.2. The molecule has 27 heavy (non-hydrogen) atoms. The topological polar surface area (TPSA) is 75.9 Å². The number of morpholine rings is 1. The third-order valence-corrected chi connectivity index (χ3v) is 7.13. The van der Waals surface area contributed by atoms with Crippen LogP contribution in [0.5, 0.6) is 0 Å². The average molecular weight is 414 g/mol. The number of sulfonamides is 1. The molecule has 0 N–H and O–H groups in total. The Morgan fingerprint density at radius 2 is 2.15 bits per heavy atom. The van der Waals surface area contributed by atoms with Gasteiger partial charge in [-0.2, -0.15) is 0 Å². The second-order valence-electron chi connectivity index (χ2n) is 7.35. The molecule has 1 aliphatic heterocycles. The maximum absolute atomic E-state index is 12.3. The summed E-state index contributed by atoms with van der Waals surface area (Å²) in [6.07, 6.45) is 0.141. The highest BCUT2D eigenvalue weighted by Gasteiger charge is 2.23. The molecule has 1 saturated heterocycles. The van der Waals surface area contributed by atoms with Crippen LogP contribution >= 0.6 is 11.8 Å². The lowest BCUT2D eigenvalue weighted by molar-refractivity contribution is -0.0192. The Kier molecular flexibility index (Phi) is 6.47. The summed E-state index contributed by atoms with van der Waals surface area (Å²) in [5.41, 5.74) is 1.13. The van der Waals surface area contributed by atoms with Gasteiger partial charge in [0.05, 0.1) is 17.6 Å². The highest BCUT2D eigenvalue weighted by molar-refractivity contribution is 7.99. The highest BCUT2D eigenvalue weighted by Crippen LogP contribution is 2.27. The molecule has 0 spiro atoms. The van der Waals surface area contributed by atoms with Crippen LogP contribution in [0.2, 0.25) is 0 Å². The van der Waals surface area contributed by atoms with Gasteiger partial charge in [-0.15, -0.1) is 0 Å². The molecule has 0 unspecified atom stereocenters. The van der Waals surface area contributed by atoms with Gasteiger partial charge >= 0.3 is 0 Å². The predicted octanol–water partition coefficient (Wildman–Crippen LogP) is 2.53. The normalized spacial score (nSPS) is 19.4. The number of rotatable bonds is 7. The molecule has 0 bridgehead atoms. The van der Waals surface area contributed by atoms with Gasteiger partial charge in [0.1, 0.15) is 5.52 Å². The van der Waals surface area contributed by atoms with E-state index in [1.54, 1.807) is 18.2 Å². The van der Waals surface area contributed by atoms with Crippen molar-refractivity contribution in [3.05, 3.63) is 18.2 Å². The SMILES string of the molecule is CC(C)CN1CCO[C@@H](CSc2nc3cc(S(=O)(=O)N(C)C)ccc3o2)C1. The molecule has 2 aromatic rings. The highest BCUT2D eigenvalue weighted by atomic mass is 32.2. The van der Waals surface area contributed by atoms with Gasteiger partial charge in [0.2, 0.25) is 10.0 Å². The molecule has 150 valence electrons. The molecule has 0 aliphatic carbocycles. The van der Waals surface area contributed by atoms with Gasteiger partial charge in [0.15, 0.2) is 5.58 Å². The van der Waals surface area contributed by atoms with E-state index in [9.17, 15) is 8.42 Å². The minimum absolute atomic E-state index is 0.141. The van der Waals surface area contributed by atoms with Crippen molar-refractivity contribution in [3.63, 3.8) is 0 Å². The Labute approximate surface area is 165 Å². The minimum atomic E-state index is -3.49. The number of benzene rings is 1. The number of fused-ring (bicyclic) bond motifs is 1. The van der Waals surface area contributed by atoms with E-state index in [0.29, 0.717) is 22.2 Å². The Morgan fingerprint density at radius 1 is 1.37 bits per heavy atom. The summed E-state index contributed by atoms with van der Waals surface area (Å²) in [7, 11) is -0.465. The zero-order valence-corrected chi connectivity index (χ0v) is 17.8. The first-order chi connectivity index (χ1) is 12.8. The smallest absolute Gasteiger partial charge is 0.256 e. The Hall–Kier alpha value is -1.13. The molecular weight excluding hydrogens is 386 g/mol. The van der Waals surface area contributed by atoms with Gasteiger partial charge in [-0.1, -0.05) is 25.6 Å². The standard InChI is InChI=1S/C18H27N3O4S2/c1-13(2)10-21-7-8-24-14(11-21)12-26-18-19-16-9-15(5-6-17(16)25-18)27(22,23)20(3)4/h5-6,9,13-14H,7-8,10-12H2,1-4H3/t14-/m1/s1. The van der Waals surface area contributed by atoms with E-state index in [0.717, 1.165) is 32.0 Å². The van der Waals surface area contributed by atoms with Crippen LogP contribution in [-0.2, 0) is 14.8 Å². The molecule has 1 fully saturated rings. The second kappa shape index (κ2) is 8.48. The number of hydrogen-bond acceptors (Lipinski definition) is 7. The van der Waals surface area contributed by atoms with Gasteiger partial charge in [0.25, 0.3) is 5.22 Å². The average Bonchev–Trinajstić information content (AvgIpc) is 3.01. The van der Waals surface area contributed by atoms with Crippen molar-refractivity contribution >= 4 is 32.9 Å². The molecular formula is C18H27N3O4S2. The van der Waals surface area contributed by atoms with Gasteiger partial charge in [-0.05, 0) is 24.1 Å². The van der Waals surface area contributed by atoms with Crippen LogP contribution in [-0.4, -0.2) is 74.8 Å². The van der Waals surface area contributed by atoms with Crippen molar-refractivity contribution in [1.82, 2.24) is 14.2 Å². The third-order valence-electron chi connectivity index (χ3n) is 4.36. The van der Waals surface area contributed by atoms with Gasteiger partial charge in [-0.25, -0.2) is 17.7 Å². The number of oxazole rings is 1. The maximum Gasteiger partial charge on any atom is 0.256 e. The van der Waals surface area contributed by atoms with Crippen LogP contribution < -0.4 is 0 Å². The van der Waals surface area contributed by atoms with E-state index >= 15 is 0 Å². The second-order valence-corrected chi connectivity index (χ2v) is 10.5. The van der Waals surface area contributed by atoms with Crippen molar-refractivity contribution in [3.8, 4) is 0 Å². The summed E-state index contributed by atoms with van der Waals surface area (Å²) >= 11 is 1.50. The van der Waals surface area contributed by atoms with E-state index < -0.39 is 10.0 Å². The van der Waals surface area contributed by atoms with Crippen LogP contribution in [0.1, 0.15) is 13.8 Å². The zero-order chi connectivity index (χ0) is 19.6. The van der Waals surface area contributed by atoms with Crippen LogP contribution in [0.3, 0.4) is 0 Å². The fourth-order valence-electron chi connectivity index (χ4n) is 3.05. The lowest BCUT2D eigenvalue weighted by atomic mass is 10.2. The number of hydrogen-bond donors (Lipinski definition) is 0. The molecule has 1 aromatic carbocycles.